The van der Waals surface area contributed by atoms with Gasteiger partial charge in [0.15, 0.2) is 0 Å². The third kappa shape index (κ3) is 3.13. The molecule has 1 aliphatic rings. The second-order valence-electron chi connectivity index (χ2n) is 4.93. The fraction of sp³-hybridized carbons (Fsp3) is 0.643. The van der Waals surface area contributed by atoms with Gasteiger partial charge in [0.2, 0.25) is 0 Å². The molecule has 1 aromatic rings. The van der Waals surface area contributed by atoms with Crippen LogP contribution in [-0.2, 0) is 11.2 Å². The Hall–Kier alpha value is -1.29. The maximum absolute atomic E-state index is 12.2. The van der Waals surface area contributed by atoms with E-state index < -0.39 is 0 Å². The Morgan fingerprint density at radius 2 is 2.33 bits per heavy atom. The van der Waals surface area contributed by atoms with Crippen molar-refractivity contribution in [3.63, 3.8) is 0 Å². The van der Waals surface area contributed by atoms with Crippen molar-refractivity contribution in [1.82, 2.24) is 9.88 Å². The molecule has 0 spiro atoms. The topological polar surface area (TPSA) is 45.3 Å². The number of aromatic amines is 1. The van der Waals surface area contributed by atoms with Gasteiger partial charge in [0.1, 0.15) is 5.69 Å². The Balaban J connectivity index is 1.91. The molecule has 0 unspecified atom stereocenters. The number of carbonyl (C=O) groups is 1. The second kappa shape index (κ2) is 6.05. The number of ether oxygens (including phenoxy) is 1. The number of nitrogens with one attached hydrogen (secondary N) is 1. The Bertz CT molecular complexity index is 394. The lowest BCUT2D eigenvalue weighted by Crippen LogP contribution is -2.37. The average molecular weight is 250 g/mol. The molecule has 1 aromatic heterocycles. The summed E-state index contributed by atoms with van der Waals surface area (Å²) in [6.45, 7) is 3.58. The molecule has 0 bridgehead atoms. The fourth-order valence-electron chi connectivity index (χ4n) is 2.32. The van der Waals surface area contributed by atoms with Crippen molar-refractivity contribution in [2.24, 2.45) is 0 Å². The molecule has 1 amide bonds. The molecule has 1 saturated heterocycles. The van der Waals surface area contributed by atoms with E-state index in [0.717, 1.165) is 31.6 Å². The van der Waals surface area contributed by atoms with Crippen molar-refractivity contribution < 1.29 is 9.53 Å². The largest absolute Gasteiger partial charge is 0.376 e. The molecular weight excluding hydrogens is 228 g/mol. The first kappa shape index (κ1) is 13.1. The van der Waals surface area contributed by atoms with Crippen LogP contribution in [0.3, 0.4) is 0 Å². The van der Waals surface area contributed by atoms with Gasteiger partial charge in [-0.15, -0.1) is 0 Å². The summed E-state index contributed by atoms with van der Waals surface area (Å²) in [6, 6.07) is 3.83. The number of rotatable bonds is 4. The van der Waals surface area contributed by atoms with Crippen LogP contribution in [0.1, 0.15) is 42.4 Å². The van der Waals surface area contributed by atoms with Crippen molar-refractivity contribution in [1.29, 1.82) is 0 Å². The van der Waals surface area contributed by atoms with Crippen LogP contribution in [0.15, 0.2) is 12.1 Å². The van der Waals surface area contributed by atoms with Crippen LogP contribution in [0, 0.1) is 0 Å². The highest BCUT2D eigenvalue weighted by atomic mass is 16.5. The number of aryl methyl sites for hydroxylation is 1. The molecule has 1 N–H and O–H groups in total. The van der Waals surface area contributed by atoms with E-state index in [1.165, 1.54) is 6.42 Å². The monoisotopic (exact) mass is 250 g/mol. The van der Waals surface area contributed by atoms with Gasteiger partial charge in [0, 0.05) is 25.9 Å². The number of nitrogens with zero attached hydrogens (tertiary/aromatic N) is 1. The molecule has 2 heterocycles. The van der Waals surface area contributed by atoms with E-state index in [1.807, 2.05) is 19.2 Å². The van der Waals surface area contributed by atoms with Gasteiger partial charge in [-0.1, -0.05) is 6.92 Å². The Morgan fingerprint density at radius 3 is 2.94 bits per heavy atom. The molecule has 2 rings (SSSR count). The quantitative estimate of drug-likeness (QED) is 0.890. The summed E-state index contributed by atoms with van der Waals surface area (Å²) in [7, 11) is 1.84. The van der Waals surface area contributed by atoms with Gasteiger partial charge in [0.05, 0.1) is 6.10 Å². The fourth-order valence-corrected chi connectivity index (χ4v) is 2.32. The third-order valence-electron chi connectivity index (χ3n) is 3.46. The lowest BCUT2D eigenvalue weighted by atomic mass is 10.1. The summed E-state index contributed by atoms with van der Waals surface area (Å²) in [5, 5.41) is 0. The SMILES string of the molecule is CCc1ccc(C(=O)N(C)C[C@H]2CCCCO2)[nH]1. The normalized spacial score (nSPS) is 19.8. The minimum Gasteiger partial charge on any atom is -0.376 e. The lowest BCUT2D eigenvalue weighted by Gasteiger charge is -2.27. The van der Waals surface area contributed by atoms with Gasteiger partial charge in [-0.3, -0.25) is 4.79 Å². The van der Waals surface area contributed by atoms with E-state index in [4.69, 9.17) is 4.74 Å². The number of H-pyrrole nitrogens is 1. The standard InChI is InChI=1S/C14H22N2O2/c1-3-11-7-8-13(15-11)14(17)16(2)10-12-6-4-5-9-18-12/h7-8,12,15H,3-6,9-10H2,1-2H3/t12-/m1/s1. The summed E-state index contributed by atoms with van der Waals surface area (Å²) >= 11 is 0. The second-order valence-corrected chi connectivity index (χ2v) is 4.93. The zero-order valence-corrected chi connectivity index (χ0v) is 11.2. The van der Waals surface area contributed by atoms with Gasteiger partial charge in [-0.05, 0) is 37.8 Å². The molecule has 1 atom stereocenters. The summed E-state index contributed by atoms with van der Waals surface area (Å²) in [5.74, 6) is 0.0453. The van der Waals surface area contributed by atoms with E-state index in [0.29, 0.717) is 12.2 Å². The van der Waals surface area contributed by atoms with Gasteiger partial charge in [-0.25, -0.2) is 0 Å². The molecule has 4 heteroatoms. The first-order chi connectivity index (χ1) is 8.70. The lowest BCUT2D eigenvalue weighted by molar-refractivity contribution is -0.000280. The molecular formula is C14H22N2O2. The number of carbonyl (C=O) groups excluding carboxylic acids is 1. The van der Waals surface area contributed by atoms with Crippen LogP contribution in [0.5, 0.6) is 0 Å². The minimum absolute atomic E-state index is 0.0453. The molecule has 0 aromatic carbocycles. The Labute approximate surface area is 108 Å². The Kier molecular flexibility index (Phi) is 4.42. The predicted molar refractivity (Wildman–Crippen MR) is 70.7 cm³/mol. The number of aromatic nitrogens is 1. The zero-order valence-electron chi connectivity index (χ0n) is 11.2. The summed E-state index contributed by atoms with van der Waals surface area (Å²) in [6.07, 6.45) is 4.53. The summed E-state index contributed by atoms with van der Waals surface area (Å²) < 4.78 is 5.66. The van der Waals surface area contributed by atoms with E-state index >= 15 is 0 Å². The molecule has 4 nitrogen and oxygen atoms in total. The van der Waals surface area contributed by atoms with Gasteiger partial charge < -0.3 is 14.6 Å². The third-order valence-corrected chi connectivity index (χ3v) is 3.46. The van der Waals surface area contributed by atoms with Crippen molar-refractivity contribution >= 4 is 5.91 Å². The molecule has 0 aliphatic carbocycles. The number of likely N-dealkylation sites (N-methyl/N-ethyl adjacent to an activating group) is 1. The first-order valence-electron chi connectivity index (χ1n) is 6.75. The molecule has 0 radical (unpaired) electrons. The molecule has 100 valence electrons. The van der Waals surface area contributed by atoms with Gasteiger partial charge in [0.25, 0.3) is 5.91 Å². The van der Waals surface area contributed by atoms with Crippen LogP contribution in [0.4, 0.5) is 0 Å². The van der Waals surface area contributed by atoms with Crippen LogP contribution >= 0.6 is 0 Å². The van der Waals surface area contributed by atoms with Crippen LogP contribution in [0.2, 0.25) is 0 Å². The minimum atomic E-state index is 0.0453. The van der Waals surface area contributed by atoms with Crippen molar-refractivity contribution in [2.45, 2.75) is 38.7 Å². The maximum Gasteiger partial charge on any atom is 0.270 e. The average Bonchev–Trinajstić information content (AvgIpc) is 2.87. The van der Waals surface area contributed by atoms with Crippen LogP contribution in [0.25, 0.3) is 0 Å². The highest BCUT2D eigenvalue weighted by Crippen LogP contribution is 2.14. The molecule has 1 fully saturated rings. The smallest absolute Gasteiger partial charge is 0.270 e. The van der Waals surface area contributed by atoms with E-state index in [-0.39, 0.29) is 12.0 Å². The van der Waals surface area contributed by atoms with Gasteiger partial charge in [-0.2, -0.15) is 0 Å². The van der Waals surface area contributed by atoms with Crippen LogP contribution in [-0.4, -0.2) is 42.1 Å². The van der Waals surface area contributed by atoms with Crippen molar-refractivity contribution in [2.75, 3.05) is 20.2 Å². The number of hydrogen-bond acceptors (Lipinski definition) is 2. The van der Waals surface area contributed by atoms with E-state index in [9.17, 15) is 4.79 Å². The highest BCUT2D eigenvalue weighted by Gasteiger charge is 2.20. The number of amides is 1. The van der Waals surface area contributed by atoms with Crippen molar-refractivity contribution in [3.8, 4) is 0 Å². The summed E-state index contributed by atoms with van der Waals surface area (Å²) in [5.41, 5.74) is 1.77. The first-order valence-corrected chi connectivity index (χ1v) is 6.75. The predicted octanol–water partition coefficient (Wildman–Crippen LogP) is 2.22. The van der Waals surface area contributed by atoms with Crippen molar-refractivity contribution in [3.05, 3.63) is 23.5 Å². The van der Waals surface area contributed by atoms with Crippen LogP contribution < -0.4 is 0 Å². The highest BCUT2D eigenvalue weighted by molar-refractivity contribution is 5.92. The van der Waals surface area contributed by atoms with E-state index in [1.54, 1.807) is 4.90 Å². The van der Waals surface area contributed by atoms with Gasteiger partial charge >= 0.3 is 0 Å². The number of hydrogen-bond donors (Lipinski definition) is 1. The molecule has 18 heavy (non-hydrogen) atoms. The maximum atomic E-state index is 12.2. The Morgan fingerprint density at radius 1 is 1.50 bits per heavy atom. The molecule has 1 aliphatic heterocycles. The summed E-state index contributed by atoms with van der Waals surface area (Å²) in [4.78, 5) is 17.1. The zero-order chi connectivity index (χ0) is 13.0. The van der Waals surface area contributed by atoms with E-state index in [2.05, 4.69) is 11.9 Å². The molecule has 0 saturated carbocycles.